The van der Waals surface area contributed by atoms with Gasteiger partial charge in [0, 0.05) is 41.4 Å². The molecule has 1 N–H and O–H groups in total. The van der Waals surface area contributed by atoms with Crippen LogP contribution in [-0.2, 0) is 24.2 Å². The fourth-order valence-electron chi connectivity index (χ4n) is 2.64. The van der Waals surface area contributed by atoms with Crippen LogP contribution in [0.3, 0.4) is 0 Å². The van der Waals surface area contributed by atoms with Crippen molar-refractivity contribution in [1.82, 2.24) is 14.9 Å². The molecule has 2 aromatic rings. The van der Waals surface area contributed by atoms with Crippen LogP contribution in [0.5, 0.6) is 0 Å². The van der Waals surface area contributed by atoms with Crippen molar-refractivity contribution in [2.45, 2.75) is 25.8 Å². The molecule has 6 heteroatoms. The van der Waals surface area contributed by atoms with Crippen LogP contribution in [0.25, 0.3) is 0 Å². The van der Waals surface area contributed by atoms with Gasteiger partial charge in [-0.1, -0.05) is 23.2 Å². The maximum absolute atomic E-state index is 12.3. The summed E-state index contributed by atoms with van der Waals surface area (Å²) in [5.74, 6) is 0.145. The highest BCUT2D eigenvalue weighted by Gasteiger charge is 2.22. The number of imidazole rings is 1. The minimum atomic E-state index is 0.145. The Morgan fingerprint density at radius 3 is 3.00 bits per heavy atom. The second-order valence-corrected chi connectivity index (χ2v) is 6.01. The number of rotatable bonds is 3. The molecule has 0 unspecified atom stereocenters. The van der Waals surface area contributed by atoms with Crippen LogP contribution in [0, 0.1) is 0 Å². The Morgan fingerprint density at radius 2 is 2.24 bits per heavy atom. The largest absolute Gasteiger partial charge is 0.348 e. The van der Waals surface area contributed by atoms with E-state index in [1.807, 2.05) is 11.0 Å². The normalized spacial score (nSPS) is 14.1. The number of aromatic amines is 1. The molecule has 0 bridgehead atoms. The van der Waals surface area contributed by atoms with Crippen molar-refractivity contribution in [3.8, 4) is 0 Å². The Hall–Kier alpha value is -1.52. The number of carbonyl (C=O) groups is 1. The molecule has 1 aromatic carbocycles. The molecule has 4 nitrogen and oxygen atoms in total. The molecule has 0 saturated heterocycles. The topological polar surface area (TPSA) is 49.0 Å². The quantitative estimate of drug-likeness (QED) is 0.942. The summed E-state index contributed by atoms with van der Waals surface area (Å²) in [6.45, 7) is 1.29. The van der Waals surface area contributed by atoms with Gasteiger partial charge in [0.15, 0.2) is 0 Å². The lowest BCUT2D eigenvalue weighted by atomic mass is 9.99. The van der Waals surface area contributed by atoms with Gasteiger partial charge < -0.3 is 9.88 Å². The van der Waals surface area contributed by atoms with Crippen molar-refractivity contribution >= 4 is 29.1 Å². The van der Waals surface area contributed by atoms with E-state index < -0.39 is 0 Å². The lowest BCUT2D eigenvalue weighted by molar-refractivity contribution is -0.132. The number of H-pyrrole nitrogens is 1. The molecule has 0 spiro atoms. The van der Waals surface area contributed by atoms with Gasteiger partial charge in [-0.05, 0) is 36.1 Å². The third-order valence-electron chi connectivity index (χ3n) is 3.76. The second kappa shape index (κ2) is 6.08. The zero-order valence-corrected chi connectivity index (χ0v) is 12.9. The molecule has 0 radical (unpaired) electrons. The average molecular weight is 324 g/mol. The Bertz CT molecular complexity index is 655. The molecule has 1 amide bonds. The molecule has 0 fully saturated rings. The summed E-state index contributed by atoms with van der Waals surface area (Å²) in [7, 11) is 0. The third-order valence-corrected chi connectivity index (χ3v) is 4.32. The molecule has 0 atom stereocenters. The highest BCUT2D eigenvalue weighted by Crippen LogP contribution is 2.30. The van der Waals surface area contributed by atoms with Gasteiger partial charge in [-0.3, -0.25) is 4.79 Å². The lowest BCUT2D eigenvalue weighted by Crippen LogP contribution is -2.36. The monoisotopic (exact) mass is 323 g/mol. The van der Waals surface area contributed by atoms with Gasteiger partial charge >= 0.3 is 0 Å². The maximum Gasteiger partial charge on any atom is 0.223 e. The zero-order chi connectivity index (χ0) is 14.8. The minimum Gasteiger partial charge on any atom is -0.348 e. The number of aromatic nitrogens is 2. The first-order valence-corrected chi connectivity index (χ1v) is 7.61. The first kappa shape index (κ1) is 14.4. The second-order valence-electron chi connectivity index (χ2n) is 5.17. The molecular formula is C15H15Cl2N3O. The van der Waals surface area contributed by atoms with E-state index in [-0.39, 0.29) is 5.91 Å². The molecule has 2 heterocycles. The Labute approximate surface area is 133 Å². The Morgan fingerprint density at radius 1 is 1.38 bits per heavy atom. The molecule has 3 rings (SSSR count). The van der Waals surface area contributed by atoms with Crippen LogP contribution in [-0.4, -0.2) is 27.3 Å². The van der Waals surface area contributed by atoms with E-state index in [2.05, 4.69) is 9.97 Å². The van der Waals surface area contributed by atoms with Crippen molar-refractivity contribution in [3.05, 3.63) is 51.5 Å². The van der Waals surface area contributed by atoms with Gasteiger partial charge in [0.25, 0.3) is 0 Å². The molecule has 1 aliphatic rings. The number of aryl methyl sites for hydroxylation is 1. The standard InChI is InChI=1S/C15H15Cl2N3O/c16-11-5-10-8-20(4-3-13(10)14(17)6-11)15(21)2-1-12-7-18-9-19-12/h5-7,9H,1-4,8H2,(H,18,19). The molecular weight excluding hydrogens is 309 g/mol. The highest BCUT2D eigenvalue weighted by molar-refractivity contribution is 6.35. The summed E-state index contributed by atoms with van der Waals surface area (Å²) in [6.07, 6.45) is 5.31. The number of hydrogen-bond donors (Lipinski definition) is 1. The Kier molecular flexibility index (Phi) is 4.17. The van der Waals surface area contributed by atoms with E-state index in [4.69, 9.17) is 23.2 Å². The summed E-state index contributed by atoms with van der Waals surface area (Å²) < 4.78 is 0. The molecule has 0 aliphatic carbocycles. The zero-order valence-electron chi connectivity index (χ0n) is 11.4. The summed E-state index contributed by atoms with van der Waals surface area (Å²) >= 11 is 12.2. The van der Waals surface area contributed by atoms with E-state index in [0.717, 1.165) is 23.2 Å². The van der Waals surface area contributed by atoms with Gasteiger partial charge in [-0.25, -0.2) is 4.98 Å². The van der Waals surface area contributed by atoms with Gasteiger partial charge in [-0.2, -0.15) is 0 Å². The van der Waals surface area contributed by atoms with Crippen molar-refractivity contribution in [2.75, 3.05) is 6.54 Å². The summed E-state index contributed by atoms with van der Waals surface area (Å²) in [4.78, 5) is 21.1. The predicted octanol–water partition coefficient (Wildman–Crippen LogP) is 3.23. The van der Waals surface area contributed by atoms with Crippen LogP contribution in [0.15, 0.2) is 24.7 Å². The first-order valence-electron chi connectivity index (χ1n) is 6.85. The summed E-state index contributed by atoms with van der Waals surface area (Å²) in [6, 6.07) is 3.66. The number of carbonyl (C=O) groups excluding carboxylic acids is 1. The summed E-state index contributed by atoms with van der Waals surface area (Å²) in [5, 5.41) is 1.31. The molecule has 1 aromatic heterocycles. The van der Waals surface area contributed by atoms with Crippen LogP contribution in [0.1, 0.15) is 23.2 Å². The number of amides is 1. The van der Waals surface area contributed by atoms with Crippen LogP contribution in [0.4, 0.5) is 0 Å². The molecule has 1 aliphatic heterocycles. The fraction of sp³-hybridized carbons (Fsp3) is 0.333. The van der Waals surface area contributed by atoms with E-state index >= 15 is 0 Å². The number of halogens is 2. The van der Waals surface area contributed by atoms with Crippen LogP contribution >= 0.6 is 23.2 Å². The van der Waals surface area contributed by atoms with E-state index in [1.165, 1.54) is 0 Å². The smallest absolute Gasteiger partial charge is 0.223 e. The van der Waals surface area contributed by atoms with Crippen molar-refractivity contribution in [2.24, 2.45) is 0 Å². The number of hydrogen-bond acceptors (Lipinski definition) is 2. The number of nitrogens with zero attached hydrogens (tertiary/aromatic N) is 2. The van der Waals surface area contributed by atoms with Crippen molar-refractivity contribution in [3.63, 3.8) is 0 Å². The molecule has 21 heavy (non-hydrogen) atoms. The lowest BCUT2D eigenvalue weighted by Gasteiger charge is -2.29. The van der Waals surface area contributed by atoms with Crippen LogP contribution < -0.4 is 0 Å². The minimum absolute atomic E-state index is 0.145. The van der Waals surface area contributed by atoms with Crippen molar-refractivity contribution < 1.29 is 4.79 Å². The SMILES string of the molecule is O=C(CCc1cnc[nH]1)N1CCc2c(Cl)cc(Cl)cc2C1. The van der Waals surface area contributed by atoms with Gasteiger partial charge in [0.05, 0.1) is 6.33 Å². The van der Waals surface area contributed by atoms with E-state index in [0.29, 0.717) is 36.0 Å². The fourth-order valence-corrected chi connectivity index (χ4v) is 3.27. The number of nitrogens with one attached hydrogen (secondary N) is 1. The average Bonchev–Trinajstić information content (AvgIpc) is 2.97. The van der Waals surface area contributed by atoms with E-state index in [1.54, 1.807) is 18.6 Å². The van der Waals surface area contributed by atoms with Gasteiger partial charge in [0.2, 0.25) is 5.91 Å². The maximum atomic E-state index is 12.3. The summed E-state index contributed by atoms with van der Waals surface area (Å²) in [5.41, 5.74) is 3.14. The highest BCUT2D eigenvalue weighted by atomic mass is 35.5. The third kappa shape index (κ3) is 3.22. The number of benzene rings is 1. The van der Waals surface area contributed by atoms with E-state index in [9.17, 15) is 4.79 Å². The molecule has 110 valence electrons. The van der Waals surface area contributed by atoms with Crippen LogP contribution in [0.2, 0.25) is 10.0 Å². The predicted molar refractivity (Wildman–Crippen MR) is 82.5 cm³/mol. The van der Waals surface area contributed by atoms with Gasteiger partial charge in [-0.15, -0.1) is 0 Å². The van der Waals surface area contributed by atoms with Crippen molar-refractivity contribution in [1.29, 1.82) is 0 Å². The molecule has 0 saturated carbocycles. The Balaban J connectivity index is 1.66. The first-order chi connectivity index (χ1) is 10.1. The van der Waals surface area contributed by atoms with Gasteiger partial charge in [0.1, 0.15) is 0 Å². The number of fused-ring (bicyclic) bond motifs is 1.